The van der Waals surface area contributed by atoms with Crippen molar-refractivity contribution in [2.75, 3.05) is 25.1 Å². The standard InChI is InChI=1S/C13H18FNO3/c1-3-18-12(13(16)17)8-9-15(2)11-6-4-10(14)5-7-11/h4-7,12H,3,8-9H2,1-2H3,(H,16,17). The minimum absolute atomic E-state index is 0.287. The first-order valence-corrected chi connectivity index (χ1v) is 5.85. The molecule has 1 unspecified atom stereocenters. The number of benzene rings is 1. The predicted octanol–water partition coefficient (Wildman–Crippen LogP) is 2.14. The van der Waals surface area contributed by atoms with Crippen molar-refractivity contribution >= 4 is 11.7 Å². The fourth-order valence-corrected chi connectivity index (χ4v) is 1.61. The number of hydrogen-bond donors (Lipinski definition) is 1. The fourth-order valence-electron chi connectivity index (χ4n) is 1.61. The number of halogens is 1. The van der Waals surface area contributed by atoms with Crippen LogP contribution in [0.1, 0.15) is 13.3 Å². The maximum Gasteiger partial charge on any atom is 0.332 e. The monoisotopic (exact) mass is 255 g/mol. The van der Waals surface area contributed by atoms with Crippen molar-refractivity contribution in [3.8, 4) is 0 Å². The van der Waals surface area contributed by atoms with Crippen molar-refractivity contribution in [3.05, 3.63) is 30.1 Å². The van der Waals surface area contributed by atoms with Gasteiger partial charge in [-0.2, -0.15) is 0 Å². The van der Waals surface area contributed by atoms with Gasteiger partial charge in [-0.15, -0.1) is 0 Å². The molecule has 18 heavy (non-hydrogen) atoms. The molecule has 1 atom stereocenters. The van der Waals surface area contributed by atoms with Gasteiger partial charge in [0.25, 0.3) is 0 Å². The SMILES string of the molecule is CCOC(CCN(C)c1ccc(F)cc1)C(=O)O. The van der Waals surface area contributed by atoms with Gasteiger partial charge in [-0.3, -0.25) is 0 Å². The molecule has 0 radical (unpaired) electrons. The maximum atomic E-state index is 12.8. The summed E-state index contributed by atoms with van der Waals surface area (Å²) >= 11 is 0. The fraction of sp³-hybridized carbons (Fsp3) is 0.462. The molecule has 1 N–H and O–H groups in total. The van der Waals surface area contributed by atoms with E-state index in [1.807, 2.05) is 11.9 Å². The Kier molecular flexibility index (Phi) is 5.58. The zero-order chi connectivity index (χ0) is 13.5. The second-order valence-corrected chi connectivity index (χ2v) is 3.97. The van der Waals surface area contributed by atoms with Gasteiger partial charge >= 0.3 is 5.97 Å². The molecule has 0 spiro atoms. The molecule has 1 aromatic carbocycles. The largest absolute Gasteiger partial charge is 0.479 e. The number of carboxylic acids is 1. The summed E-state index contributed by atoms with van der Waals surface area (Å²) in [5.74, 6) is -1.24. The highest BCUT2D eigenvalue weighted by atomic mass is 19.1. The van der Waals surface area contributed by atoms with E-state index in [9.17, 15) is 9.18 Å². The molecule has 0 aliphatic heterocycles. The molecule has 0 saturated carbocycles. The van der Waals surface area contributed by atoms with E-state index >= 15 is 0 Å². The van der Waals surface area contributed by atoms with Gasteiger partial charge in [-0.25, -0.2) is 9.18 Å². The molecular weight excluding hydrogens is 237 g/mol. The van der Waals surface area contributed by atoms with Crippen LogP contribution in [-0.2, 0) is 9.53 Å². The van der Waals surface area contributed by atoms with E-state index in [-0.39, 0.29) is 5.82 Å². The Morgan fingerprint density at radius 1 is 1.44 bits per heavy atom. The first-order valence-electron chi connectivity index (χ1n) is 5.85. The summed E-state index contributed by atoms with van der Waals surface area (Å²) in [6.45, 7) is 2.67. The molecule has 0 aliphatic carbocycles. The van der Waals surface area contributed by atoms with Crippen LogP contribution in [0.4, 0.5) is 10.1 Å². The van der Waals surface area contributed by atoms with Crippen LogP contribution < -0.4 is 4.90 Å². The summed E-state index contributed by atoms with van der Waals surface area (Å²) in [5.41, 5.74) is 0.844. The zero-order valence-corrected chi connectivity index (χ0v) is 10.6. The van der Waals surface area contributed by atoms with Crippen molar-refractivity contribution < 1.29 is 19.0 Å². The Hall–Kier alpha value is -1.62. The quantitative estimate of drug-likeness (QED) is 0.811. The summed E-state index contributed by atoms with van der Waals surface area (Å²) < 4.78 is 17.9. The lowest BCUT2D eigenvalue weighted by Gasteiger charge is -2.21. The Morgan fingerprint density at radius 2 is 2.06 bits per heavy atom. The molecule has 0 heterocycles. The van der Waals surface area contributed by atoms with Gasteiger partial charge < -0.3 is 14.7 Å². The normalized spacial score (nSPS) is 12.2. The molecule has 4 nitrogen and oxygen atoms in total. The molecule has 0 fully saturated rings. The van der Waals surface area contributed by atoms with Crippen LogP contribution in [0.2, 0.25) is 0 Å². The van der Waals surface area contributed by atoms with Gasteiger partial charge in [-0.1, -0.05) is 0 Å². The lowest BCUT2D eigenvalue weighted by atomic mass is 10.2. The van der Waals surface area contributed by atoms with E-state index in [0.29, 0.717) is 19.6 Å². The number of carbonyl (C=O) groups is 1. The van der Waals surface area contributed by atoms with Crippen molar-refractivity contribution in [2.24, 2.45) is 0 Å². The summed E-state index contributed by atoms with van der Waals surface area (Å²) in [7, 11) is 1.83. The van der Waals surface area contributed by atoms with E-state index in [1.54, 1.807) is 19.1 Å². The maximum absolute atomic E-state index is 12.8. The third kappa shape index (κ3) is 4.33. The Bertz CT molecular complexity index is 380. The smallest absolute Gasteiger partial charge is 0.332 e. The number of ether oxygens (including phenoxy) is 1. The van der Waals surface area contributed by atoms with Gasteiger partial charge in [0, 0.05) is 32.3 Å². The summed E-state index contributed by atoms with van der Waals surface area (Å²) in [6.07, 6.45) is -0.408. The summed E-state index contributed by atoms with van der Waals surface area (Å²) in [6, 6.07) is 6.07. The van der Waals surface area contributed by atoms with Gasteiger partial charge in [0.1, 0.15) is 5.82 Å². The van der Waals surface area contributed by atoms with E-state index in [1.165, 1.54) is 12.1 Å². The second-order valence-electron chi connectivity index (χ2n) is 3.97. The topological polar surface area (TPSA) is 49.8 Å². The number of rotatable bonds is 7. The molecule has 0 amide bonds. The minimum Gasteiger partial charge on any atom is -0.479 e. The number of nitrogens with zero attached hydrogens (tertiary/aromatic N) is 1. The van der Waals surface area contributed by atoms with Gasteiger partial charge in [0.2, 0.25) is 0 Å². The molecule has 100 valence electrons. The van der Waals surface area contributed by atoms with E-state index in [0.717, 1.165) is 5.69 Å². The third-order valence-corrected chi connectivity index (χ3v) is 2.64. The predicted molar refractivity (Wildman–Crippen MR) is 67.3 cm³/mol. The lowest BCUT2D eigenvalue weighted by molar-refractivity contribution is -0.150. The van der Waals surface area contributed by atoms with Crippen LogP contribution in [0.3, 0.4) is 0 Å². The van der Waals surface area contributed by atoms with Crippen LogP contribution in [0.25, 0.3) is 0 Å². The number of hydrogen-bond acceptors (Lipinski definition) is 3. The number of carboxylic acid groups (broad SMARTS) is 1. The molecule has 0 aliphatic rings. The molecule has 0 saturated heterocycles. The van der Waals surface area contributed by atoms with E-state index in [4.69, 9.17) is 9.84 Å². The van der Waals surface area contributed by atoms with Gasteiger partial charge in [0.15, 0.2) is 6.10 Å². The van der Waals surface area contributed by atoms with E-state index in [2.05, 4.69) is 0 Å². The van der Waals surface area contributed by atoms with Crippen molar-refractivity contribution in [1.29, 1.82) is 0 Å². The zero-order valence-electron chi connectivity index (χ0n) is 10.6. The van der Waals surface area contributed by atoms with Crippen LogP contribution in [-0.4, -0.2) is 37.4 Å². The first kappa shape index (κ1) is 14.4. The summed E-state index contributed by atoms with van der Waals surface area (Å²) in [5, 5.41) is 8.93. The molecule has 0 aromatic heterocycles. The molecule has 1 aromatic rings. The Labute approximate surface area is 106 Å². The van der Waals surface area contributed by atoms with Crippen molar-refractivity contribution in [1.82, 2.24) is 0 Å². The average Bonchev–Trinajstić information content (AvgIpc) is 2.34. The third-order valence-electron chi connectivity index (χ3n) is 2.64. The molecule has 5 heteroatoms. The highest BCUT2D eigenvalue weighted by Gasteiger charge is 2.17. The Balaban J connectivity index is 2.51. The average molecular weight is 255 g/mol. The number of anilines is 1. The van der Waals surface area contributed by atoms with Crippen molar-refractivity contribution in [2.45, 2.75) is 19.4 Å². The molecule has 0 bridgehead atoms. The van der Waals surface area contributed by atoms with Crippen LogP contribution in [0.5, 0.6) is 0 Å². The highest BCUT2D eigenvalue weighted by molar-refractivity contribution is 5.72. The molecule has 1 rings (SSSR count). The van der Waals surface area contributed by atoms with Crippen molar-refractivity contribution in [3.63, 3.8) is 0 Å². The van der Waals surface area contributed by atoms with E-state index < -0.39 is 12.1 Å². The summed E-state index contributed by atoms with van der Waals surface area (Å²) in [4.78, 5) is 12.8. The van der Waals surface area contributed by atoms with Crippen LogP contribution in [0, 0.1) is 5.82 Å². The lowest BCUT2D eigenvalue weighted by Crippen LogP contribution is -2.30. The number of aliphatic carboxylic acids is 1. The first-order chi connectivity index (χ1) is 8.54. The highest BCUT2D eigenvalue weighted by Crippen LogP contribution is 2.14. The van der Waals surface area contributed by atoms with Gasteiger partial charge in [0.05, 0.1) is 0 Å². The van der Waals surface area contributed by atoms with Gasteiger partial charge in [-0.05, 0) is 31.2 Å². The second kappa shape index (κ2) is 6.96. The van der Waals surface area contributed by atoms with Crippen LogP contribution >= 0.6 is 0 Å². The Morgan fingerprint density at radius 3 is 2.56 bits per heavy atom. The van der Waals surface area contributed by atoms with Crippen LogP contribution in [0.15, 0.2) is 24.3 Å². The molecular formula is C13H18FNO3. The minimum atomic E-state index is -0.954.